The Kier molecular flexibility index (Phi) is 35.7. The quantitative estimate of drug-likeness (QED) is 0.0101. The summed E-state index contributed by atoms with van der Waals surface area (Å²) in [6, 6.07) is 1.24. The number of phosphoric ester groups is 2. The van der Waals surface area contributed by atoms with Crippen LogP contribution < -0.4 is 11.4 Å². The number of aromatic nitrogens is 2. The van der Waals surface area contributed by atoms with Gasteiger partial charge in [0.2, 0.25) is 0 Å². The van der Waals surface area contributed by atoms with Crippen LogP contribution in [0.2, 0.25) is 0 Å². The fraction of sp³-hybridized carbons (Fsp3) is 0.717. The summed E-state index contributed by atoms with van der Waals surface area (Å²) in [7, 11) is -10.9. The molecule has 1 aromatic rings. The number of carbonyl (C=O) groups is 3. The van der Waals surface area contributed by atoms with Gasteiger partial charge >= 0.3 is 33.3 Å². The third kappa shape index (κ3) is 32.1. The van der Waals surface area contributed by atoms with E-state index in [2.05, 4.69) is 30.1 Å². The zero-order valence-electron chi connectivity index (χ0n) is 44.3. The first-order valence-corrected chi connectivity index (χ1v) is 30.0. The molecule has 2 rings (SSSR count). The van der Waals surface area contributed by atoms with E-state index in [1.807, 2.05) is 36.5 Å². The minimum absolute atomic E-state index is 0.0251. The van der Waals surface area contributed by atoms with Crippen molar-refractivity contribution in [1.82, 2.24) is 9.55 Å². The van der Waals surface area contributed by atoms with E-state index in [0.29, 0.717) is 32.1 Å². The van der Waals surface area contributed by atoms with E-state index in [-0.39, 0.29) is 24.4 Å². The number of allylic oxidation sites excluding steroid dienone is 8. The minimum atomic E-state index is -5.45. The Morgan fingerprint density at radius 3 is 1.96 bits per heavy atom. The third-order valence-electron chi connectivity index (χ3n) is 12.4. The minimum Gasteiger partial charge on any atom is -0.462 e. The van der Waals surface area contributed by atoms with Crippen molar-refractivity contribution in [3.63, 3.8) is 0 Å². The summed E-state index contributed by atoms with van der Waals surface area (Å²) in [5, 5.41) is 20.9. The molecule has 3 unspecified atom stereocenters. The van der Waals surface area contributed by atoms with E-state index in [9.17, 15) is 48.3 Å². The third-order valence-corrected chi connectivity index (χ3v) is 15.0. The molecule has 0 amide bonds. The lowest BCUT2D eigenvalue weighted by Gasteiger charge is -2.21. The van der Waals surface area contributed by atoms with E-state index in [4.69, 9.17) is 29.0 Å². The van der Waals surface area contributed by atoms with E-state index in [0.717, 1.165) is 68.0 Å². The van der Waals surface area contributed by atoms with Crippen LogP contribution in [0.4, 0.5) is 5.82 Å². The first kappa shape index (κ1) is 66.5. The van der Waals surface area contributed by atoms with Crippen molar-refractivity contribution in [2.45, 2.75) is 218 Å². The fourth-order valence-corrected chi connectivity index (χ4v) is 9.94. The molecule has 0 bridgehead atoms. The Morgan fingerprint density at radius 2 is 1.32 bits per heavy atom. The smallest absolute Gasteiger partial charge is 0.462 e. The number of ketones is 1. The van der Waals surface area contributed by atoms with Gasteiger partial charge in [-0.25, -0.2) is 13.9 Å². The number of phosphoric acid groups is 2. The SMILES string of the molecule is CCCCCC(=O)/C=C/C=C\C/C=C\C/C=C\CCCC(=O)OC[C@H](COP(=O)(O)OP(=O)(O)OC[C@H]1O[C@@H](n2ccc(N)nc2=O)[C@H](O)[C@@H]1O)OC(=O)CCCCCCCCCCCCCCCCC(C)CC. The van der Waals surface area contributed by atoms with Crippen molar-refractivity contribution >= 4 is 39.2 Å². The summed E-state index contributed by atoms with van der Waals surface area (Å²) in [6.45, 7) is 4.30. The molecule has 2 heterocycles. The van der Waals surface area contributed by atoms with Crippen LogP contribution in [0.15, 0.2) is 65.7 Å². The molecule has 0 radical (unpaired) electrons. The van der Waals surface area contributed by atoms with Crippen molar-refractivity contribution in [3.8, 4) is 0 Å². The van der Waals surface area contributed by atoms with Gasteiger partial charge in [0, 0.05) is 25.5 Å². The molecular formula is C53H89N3O16P2. The van der Waals surface area contributed by atoms with Crippen LogP contribution in [-0.2, 0) is 51.1 Å². The number of anilines is 1. The summed E-state index contributed by atoms with van der Waals surface area (Å²) in [6.07, 6.45) is 33.2. The van der Waals surface area contributed by atoms with Gasteiger partial charge in [-0.1, -0.05) is 172 Å². The number of nitrogens with zero attached hydrogens (tertiary/aromatic N) is 2. The molecule has 1 aliphatic heterocycles. The van der Waals surface area contributed by atoms with Gasteiger partial charge in [-0.15, -0.1) is 0 Å². The van der Waals surface area contributed by atoms with Crippen molar-refractivity contribution in [1.29, 1.82) is 0 Å². The zero-order valence-corrected chi connectivity index (χ0v) is 46.1. The normalized spacial score (nSPS) is 19.6. The second-order valence-electron chi connectivity index (χ2n) is 19.0. The summed E-state index contributed by atoms with van der Waals surface area (Å²) >= 11 is 0. The Morgan fingerprint density at radius 1 is 0.743 bits per heavy atom. The second kappa shape index (κ2) is 39.7. The van der Waals surface area contributed by atoms with Gasteiger partial charge in [0.25, 0.3) is 0 Å². The van der Waals surface area contributed by atoms with Crippen LogP contribution in [0.1, 0.15) is 194 Å². The maximum absolute atomic E-state index is 12.9. The highest BCUT2D eigenvalue weighted by molar-refractivity contribution is 7.61. The van der Waals surface area contributed by atoms with Gasteiger partial charge in [0.15, 0.2) is 18.1 Å². The number of hydrogen-bond donors (Lipinski definition) is 5. The number of carbonyl (C=O) groups excluding carboxylic acids is 3. The summed E-state index contributed by atoms with van der Waals surface area (Å²) in [5.74, 6) is -0.428. The average molecular weight is 1090 g/mol. The lowest BCUT2D eigenvalue weighted by molar-refractivity contribution is -0.161. The summed E-state index contributed by atoms with van der Waals surface area (Å²) in [5.41, 5.74) is 4.58. The molecule has 1 aromatic heterocycles. The molecule has 422 valence electrons. The second-order valence-corrected chi connectivity index (χ2v) is 22.1. The Balaban J connectivity index is 1.81. The molecule has 8 atom stereocenters. The highest BCUT2D eigenvalue weighted by Gasteiger charge is 2.46. The van der Waals surface area contributed by atoms with Crippen molar-refractivity contribution in [2.75, 3.05) is 25.6 Å². The van der Waals surface area contributed by atoms with Crippen LogP contribution in [-0.4, -0.2) is 91.5 Å². The maximum atomic E-state index is 12.9. The molecule has 21 heteroatoms. The lowest BCUT2D eigenvalue weighted by atomic mass is 9.99. The van der Waals surface area contributed by atoms with E-state index in [1.54, 1.807) is 12.2 Å². The zero-order chi connectivity index (χ0) is 54.5. The highest BCUT2D eigenvalue weighted by Crippen LogP contribution is 2.60. The van der Waals surface area contributed by atoms with Crippen molar-refractivity contribution in [3.05, 3.63) is 71.4 Å². The van der Waals surface area contributed by atoms with Crippen molar-refractivity contribution < 1.29 is 71.1 Å². The molecule has 1 saturated heterocycles. The highest BCUT2D eigenvalue weighted by atomic mass is 31.3. The molecule has 0 spiro atoms. The topological polar surface area (TPSA) is 283 Å². The van der Waals surface area contributed by atoms with Crippen LogP contribution in [0, 0.1) is 5.92 Å². The number of aliphatic hydroxyl groups excluding tert-OH is 2. The Bertz CT molecular complexity index is 2010. The van der Waals surface area contributed by atoms with Gasteiger partial charge in [-0.3, -0.25) is 28.0 Å². The number of ether oxygens (including phenoxy) is 3. The number of nitrogens with two attached hydrogens (primary N) is 1. The lowest BCUT2D eigenvalue weighted by Crippen LogP contribution is -2.36. The number of esters is 2. The maximum Gasteiger partial charge on any atom is 0.481 e. The monoisotopic (exact) mass is 1090 g/mol. The van der Waals surface area contributed by atoms with Crippen LogP contribution in [0.25, 0.3) is 0 Å². The first-order valence-electron chi connectivity index (χ1n) is 27.0. The molecule has 0 aliphatic carbocycles. The summed E-state index contributed by atoms with van der Waals surface area (Å²) < 4.78 is 56.8. The number of aliphatic hydroxyl groups is 2. The molecule has 1 fully saturated rings. The van der Waals surface area contributed by atoms with Crippen LogP contribution >= 0.6 is 15.6 Å². The van der Waals surface area contributed by atoms with Gasteiger partial charge in [0.05, 0.1) is 13.2 Å². The standard InChI is InChI=1S/C53H89N3O16P2/c1-4-6-28-34-44(57)35-30-25-21-17-13-11-15-18-22-26-31-36-48(58)67-40-45(70-49(59)37-32-27-23-19-14-10-8-7-9-12-16-20-24-29-33-43(3)5-2)41-68-73(63,64)72-74(65,66)69-42-46-50(60)51(61)52(71-46)56-39-38-47(54)55-53(56)62/h11,13,18,21-22,25,30,35,38-39,43,45-46,50-52,60-61H,4-10,12,14-17,19-20,23-24,26-29,31-34,36-37,40-42H2,1-3H3,(H,63,64)(H,65,66)(H2,54,55,62)/b13-11-,22-18-,25-21-,35-30+/t43?,45-,46-,50-,51-,52-/m1/s1. The van der Waals surface area contributed by atoms with Gasteiger partial charge in [-0.05, 0) is 56.6 Å². The molecule has 1 aliphatic rings. The Labute approximate surface area is 439 Å². The number of unbranched alkanes of at least 4 members (excludes halogenated alkanes) is 16. The average Bonchev–Trinajstić information content (AvgIpc) is 3.63. The number of hydrogen-bond acceptors (Lipinski definition) is 16. The molecule has 6 N–H and O–H groups in total. The predicted octanol–water partition coefficient (Wildman–Crippen LogP) is 10.8. The van der Waals surface area contributed by atoms with Gasteiger partial charge in [0.1, 0.15) is 30.7 Å². The molecule has 19 nitrogen and oxygen atoms in total. The first-order chi connectivity index (χ1) is 35.5. The van der Waals surface area contributed by atoms with E-state index < -0.39 is 83.7 Å². The van der Waals surface area contributed by atoms with Gasteiger partial charge in [-0.2, -0.15) is 9.29 Å². The fourth-order valence-electron chi connectivity index (χ4n) is 7.83. The number of nitrogen functional groups attached to an aromatic ring is 1. The van der Waals surface area contributed by atoms with E-state index in [1.165, 1.54) is 76.7 Å². The molecular weight excluding hydrogens is 997 g/mol. The van der Waals surface area contributed by atoms with E-state index >= 15 is 0 Å². The summed E-state index contributed by atoms with van der Waals surface area (Å²) in [4.78, 5) is 73.8. The molecule has 0 saturated carbocycles. The van der Waals surface area contributed by atoms with Gasteiger partial charge < -0.3 is 39.9 Å². The van der Waals surface area contributed by atoms with Crippen LogP contribution in [0.3, 0.4) is 0 Å². The number of rotatable bonds is 44. The largest absolute Gasteiger partial charge is 0.481 e. The molecule has 0 aromatic carbocycles. The Hall–Kier alpha value is -3.61. The predicted molar refractivity (Wildman–Crippen MR) is 284 cm³/mol. The molecule has 74 heavy (non-hydrogen) atoms. The van der Waals surface area contributed by atoms with Crippen molar-refractivity contribution in [2.24, 2.45) is 5.92 Å². The van der Waals surface area contributed by atoms with Crippen LogP contribution in [0.5, 0.6) is 0 Å².